The fourth-order valence-electron chi connectivity index (χ4n) is 4.08. The van der Waals surface area contributed by atoms with Gasteiger partial charge in [-0.3, -0.25) is 9.69 Å². The molecule has 24 heavy (non-hydrogen) atoms. The average molecular weight is 342 g/mol. The van der Waals surface area contributed by atoms with Crippen molar-refractivity contribution < 1.29 is 9.63 Å². The molecule has 1 aromatic carbocycles. The second kappa shape index (κ2) is 5.02. The van der Waals surface area contributed by atoms with Gasteiger partial charge in [0, 0.05) is 10.6 Å². The number of nitrogens with zero attached hydrogens (tertiary/aromatic N) is 2. The number of rotatable bonds is 2. The van der Waals surface area contributed by atoms with Gasteiger partial charge in [0.25, 0.3) is 0 Å². The van der Waals surface area contributed by atoms with Crippen LogP contribution >= 0.6 is 11.3 Å². The fourth-order valence-corrected chi connectivity index (χ4v) is 5.20. The molecule has 3 N–H and O–H groups in total. The van der Waals surface area contributed by atoms with Gasteiger partial charge in [0.05, 0.1) is 17.0 Å². The van der Waals surface area contributed by atoms with Crippen molar-refractivity contribution in [3.05, 3.63) is 34.7 Å². The molecule has 4 aliphatic heterocycles. The topological polar surface area (TPSA) is 80.0 Å². The van der Waals surface area contributed by atoms with E-state index in [0.717, 1.165) is 53.3 Å². The molecule has 3 fully saturated rings. The quantitative estimate of drug-likeness (QED) is 0.871. The lowest BCUT2D eigenvalue weighted by Crippen LogP contribution is -2.58. The Hall–Kier alpha value is -1.96. The third-order valence-electron chi connectivity index (χ3n) is 5.34. The predicted molar refractivity (Wildman–Crippen MR) is 93.0 cm³/mol. The molecule has 0 saturated carbocycles. The second-order valence-electron chi connectivity index (χ2n) is 6.76. The Kier molecular flexibility index (Phi) is 3.01. The van der Waals surface area contributed by atoms with Gasteiger partial charge in [0.15, 0.2) is 5.84 Å². The molecule has 6 rings (SSSR count). The summed E-state index contributed by atoms with van der Waals surface area (Å²) in [6.07, 6.45) is 2.27. The van der Waals surface area contributed by atoms with Crippen LogP contribution in [0.4, 0.5) is 0 Å². The molecular weight excluding hydrogens is 324 g/mol. The van der Waals surface area contributed by atoms with Crippen molar-refractivity contribution in [1.82, 2.24) is 10.4 Å². The Morgan fingerprint density at radius 1 is 1.42 bits per heavy atom. The minimum absolute atomic E-state index is 0.402. The normalized spacial score (nSPS) is 31.4. The number of amides is 1. The molecule has 1 atom stereocenters. The second-order valence-corrected chi connectivity index (χ2v) is 7.81. The Labute approximate surface area is 143 Å². The number of benzene rings is 1. The molecule has 2 bridgehead atoms. The highest BCUT2D eigenvalue weighted by molar-refractivity contribution is 7.21. The summed E-state index contributed by atoms with van der Waals surface area (Å²) in [4.78, 5) is 25.9. The summed E-state index contributed by atoms with van der Waals surface area (Å²) in [5.41, 5.74) is 8.64. The smallest absolute Gasteiger partial charge is 0.250 e. The van der Waals surface area contributed by atoms with Gasteiger partial charge in [0.2, 0.25) is 11.6 Å². The molecular formula is C17H18N4O2S. The third-order valence-corrected chi connectivity index (χ3v) is 6.53. The van der Waals surface area contributed by atoms with Crippen LogP contribution in [0.2, 0.25) is 0 Å². The highest BCUT2D eigenvalue weighted by atomic mass is 32.1. The van der Waals surface area contributed by atoms with E-state index in [-0.39, 0.29) is 0 Å². The van der Waals surface area contributed by atoms with Crippen LogP contribution in [0.5, 0.6) is 0 Å². The fraction of sp³-hybridized carbons (Fsp3) is 0.412. The van der Waals surface area contributed by atoms with E-state index in [0.29, 0.717) is 11.5 Å². The van der Waals surface area contributed by atoms with Crippen LogP contribution in [-0.2, 0) is 4.84 Å². The van der Waals surface area contributed by atoms with E-state index in [1.54, 1.807) is 6.07 Å². The van der Waals surface area contributed by atoms with E-state index < -0.39 is 11.6 Å². The van der Waals surface area contributed by atoms with Crippen LogP contribution in [0.25, 0.3) is 10.1 Å². The van der Waals surface area contributed by atoms with Crippen molar-refractivity contribution in [2.45, 2.75) is 18.6 Å². The molecule has 124 valence electrons. The van der Waals surface area contributed by atoms with Crippen molar-refractivity contribution in [1.29, 1.82) is 0 Å². The monoisotopic (exact) mass is 342 g/mol. The highest BCUT2D eigenvalue weighted by Gasteiger charge is 2.51. The molecule has 0 radical (unpaired) electrons. The van der Waals surface area contributed by atoms with Gasteiger partial charge >= 0.3 is 0 Å². The number of piperidine rings is 3. The number of fused-ring (bicyclic) bond motifs is 3. The molecule has 0 unspecified atom stereocenters. The lowest BCUT2D eigenvalue weighted by Gasteiger charge is -2.47. The molecule has 5 heterocycles. The van der Waals surface area contributed by atoms with Crippen LogP contribution in [0.15, 0.2) is 29.3 Å². The molecule has 4 aliphatic rings. The lowest BCUT2D eigenvalue weighted by molar-refractivity contribution is -0.155. The summed E-state index contributed by atoms with van der Waals surface area (Å²) in [6, 6.07) is 7.65. The standard InChI is InChI=1S/C17H18N4O2S/c18-15(22)12-3-1-2-10-8-13(24-14(10)12)16-19-17(23-20-16)9-21-6-4-11(17)5-7-21/h1-3,8,11H,4-7,9H2,(H2,18,22)(H,19,20)/t17-/m0/s1. The van der Waals surface area contributed by atoms with Gasteiger partial charge in [0.1, 0.15) is 0 Å². The van der Waals surface area contributed by atoms with E-state index in [1.165, 1.54) is 11.3 Å². The number of hydrogen-bond donors (Lipinski definition) is 2. The number of hydroxylamine groups is 1. The number of carbonyl (C=O) groups is 1. The van der Waals surface area contributed by atoms with Crippen LogP contribution in [0, 0.1) is 5.92 Å². The maximum absolute atomic E-state index is 11.6. The molecule has 3 saturated heterocycles. The third kappa shape index (κ3) is 2.02. The highest BCUT2D eigenvalue weighted by Crippen LogP contribution is 2.41. The largest absolute Gasteiger partial charge is 0.366 e. The van der Waals surface area contributed by atoms with Crippen molar-refractivity contribution in [3.63, 3.8) is 0 Å². The first kappa shape index (κ1) is 14.4. The lowest BCUT2D eigenvalue weighted by atomic mass is 9.81. The van der Waals surface area contributed by atoms with Gasteiger partial charge in [-0.1, -0.05) is 12.1 Å². The maximum atomic E-state index is 11.6. The number of primary amides is 1. The Morgan fingerprint density at radius 3 is 2.96 bits per heavy atom. The van der Waals surface area contributed by atoms with Gasteiger partial charge in [-0.05, 0) is 43.5 Å². The maximum Gasteiger partial charge on any atom is 0.250 e. The minimum Gasteiger partial charge on any atom is -0.366 e. The Morgan fingerprint density at radius 2 is 2.25 bits per heavy atom. The average Bonchev–Trinajstić information content (AvgIpc) is 3.20. The van der Waals surface area contributed by atoms with E-state index >= 15 is 0 Å². The van der Waals surface area contributed by atoms with E-state index in [9.17, 15) is 4.79 Å². The minimum atomic E-state index is -0.450. The van der Waals surface area contributed by atoms with Gasteiger partial charge in [-0.25, -0.2) is 15.3 Å². The van der Waals surface area contributed by atoms with Crippen molar-refractivity contribution in [3.8, 4) is 0 Å². The van der Waals surface area contributed by atoms with Crippen molar-refractivity contribution >= 4 is 33.2 Å². The van der Waals surface area contributed by atoms with Crippen molar-refractivity contribution in [2.75, 3.05) is 19.6 Å². The summed E-state index contributed by atoms with van der Waals surface area (Å²) >= 11 is 1.53. The molecule has 0 aliphatic carbocycles. The zero-order chi connectivity index (χ0) is 16.3. The van der Waals surface area contributed by atoms with Gasteiger partial charge in [-0.2, -0.15) is 0 Å². The zero-order valence-electron chi connectivity index (χ0n) is 13.1. The van der Waals surface area contributed by atoms with Gasteiger partial charge < -0.3 is 5.73 Å². The predicted octanol–water partition coefficient (Wildman–Crippen LogP) is 1.70. The van der Waals surface area contributed by atoms with Crippen LogP contribution in [0.3, 0.4) is 0 Å². The van der Waals surface area contributed by atoms with Gasteiger partial charge in [-0.15, -0.1) is 11.3 Å². The molecule has 1 aromatic heterocycles. The Bertz CT molecular complexity index is 869. The number of nitrogens with one attached hydrogen (secondary N) is 1. The molecule has 1 spiro atoms. The number of aliphatic imine (C=N–C) groups is 1. The molecule has 2 aromatic rings. The first-order chi connectivity index (χ1) is 11.6. The number of thiophene rings is 1. The summed E-state index contributed by atoms with van der Waals surface area (Å²) in [6.45, 7) is 3.14. The molecule has 1 amide bonds. The number of amidine groups is 1. The van der Waals surface area contributed by atoms with Crippen LogP contribution in [-0.4, -0.2) is 42.0 Å². The van der Waals surface area contributed by atoms with E-state index in [1.807, 2.05) is 18.2 Å². The number of nitrogens with two attached hydrogens (primary N) is 1. The summed E-state index contributed by atoms with van der Waals surface area (Å²) < 4.78 is 0.902. The van der Waals surface area contributed by atoms with Crippen LogP contribution < -0.4 is 11.2 Å². The first-order valence-corrected chi connectivity index (χ1v) is 9.05. The molecule has 6 nitrogen and oxygen atoms in total. The summed E-state index contributed by atoms with van der Waals surface area (Å²) in [5.74, 6) is 0.837. The van der Waals surface area contributed by atoms with Crippen molar-refractivity contribution in [2.24, 2.45) is 16.6 Å². The SMILES string of the molecule is NC(=O)c1cccc2cc(C3=N[C@@]4(CN5CCC4CC5)ON3)sc12. The van der Waals surface area contributed by atoms with Crippen LogP contribution in [0.1, 0.15) is 28.1 Å². The first-order valence-electron chi connectivity index (χ1n) is 8.24. The summed E-state index contributed by atoms with van der Waals surface area (Å²) in [7, 11) is 0. The van der Waals surface area contributed by atoms with E-state index in [2.05, 4.69) is 10.4 Å². The Balaban J connectivity index is 1.55. The molecule has 7 heteroatoms. The van der Waals surface area contributed by atoms with E-state index in [4.69, 9.17) is 15.6 Å². The number of carbonyl (C=O) groups excluding carboxylic acids is 1. The zero-order valence-corrected chi connectivity index (χ0v) is 13.9. The number of hydrogen-bond acceptors (Lipinski definition) is 6. The summed E-state index contributed by atoms with van der Waals surface area (Å²) in [5, 5.41) is 1.01.